The van der Waals surface area contributed by atoms with Crippen molar-refractivity contribution in [1.29, 1.82) is 0 Å². The zero-order valence-corrected chi connectivity index (χ0v) is 19.0. The highest BCUT2D eigenvalue weighted by atomic mass is 127. The van der Waals surface area contributed by atoms with Crippen LogP contribution in [0.3, 0.4) is 0 Å². The second kappa shape index (κ2) is 13.2. The van der Waals surface area contributed by atoms with Gasteiger partial charge in [0.15, 0.2) is 5.96 Å². The predicted molar refractivity (Wildman–Crippen MR) is 120 cm³/mol. The minimum Gasteiger partial charge on any atom is -0.507 e. The summed E-state index contributed by atoms with van der Waals surface area (Å²) in [5.41, 5.74) is 2.87. The molecule has 1 atom stereocenters. The summed E-state index contributed by atoms with van der Waals surface area (Å²) < 4.78 is 11.1. The molecule has 0 aliphatic carbocycles. The number of aryl methyl sites for hydroxylation is 2. The largest absolute Gasteiger partial charge is 0.507 e. The number of phenols is 1. The number of nitrogens with zero attached hydrogens (tertiary/aromatic N) is 1. The van der Waals surface area contributed by atoms with Crippen molar-refractivity contribution >= 4 is 29.9 Å². The number of hydrogen-bond acceptors (Lipinski definition) is 4. The fraction of sp³-hybridized carbons (Fsp3) is 0.650. The van der Waals surface area contributed by atoms with Gasteiger partial charge >= 0.3 is 0 Å². The molecule has 0 bridgehead atoms. The Hall–Kier alpha value is -1.06. The molecule has 27 heavy (non-hydrogen) atoms. The fourth-order valence-corrected chi connectivity index (χ4v) is 2.99. The van der Waals surface area contributed by atoms with Gasteiger partial charge in [0.25, 0.3) is 0 Å². The maximum Gasteiger partial charge on any atom is 0.191 e. The molecule has 3 N–H and O–H groups in total. The molecular weight excluding hydrogens is 457 g/mol. The highest BCUT2D eigenvalue weighted by Gasteiger charge is 2.15. The van der Waals surface area contributed by atoms with E-state index < -0.39 is 0 Å². The van der Waals surface area contributed by atoms with E-state index in [1.54, 1.807) is 0 Å². The Bertz CT molecular complexity index is 567. The van der Waals surface area contributed by atoms with Crippen molar-refractivity contribution in [1.82, 2.24) is 10.6 Å². The van der Waals surface area contributed by atoms with E-state index in [1.165, 1.54) is 0 Å². The maximum absolute atomic E-state index is 9.87. The second-order valence-electron chi connectivity index (χ2n) is 6.86. The van der Waals surface area contributed by atoms with E-state index in [0.29, 0.717) is 18.2 Å². The summed E-state index contributed by atoms with van der Waals surface area (Å²) in [6.45, 7) is 11.4. The number of rotatable bonds is 9. The van der Waals surface area contributed by atoms with E-state index >= 15 is 0 Å². The minimum absolute atomic E-state index is 0. The molecule has 2 rings (SSSR count). The number of guanidine groups is 1. The summed E-state index contributed by atoms with van der Waals surface area (Å²) in [4.78, 5) is 4.63. The molecule has 0 spiro atoms. The number of hydrogen-bond donors (Lipinski definition) is 3. The molecular formula is C20H34IN3O3. The van der Waals surface area contributed by atoms with Gasteiger partial charge in [0.2, 0.25) is 0 Å². The van der Waals surface area contributed by atoms with E-state index in [2.05, 4.69) is 22.5 Å². The Morgan fingerprint density at radius 2 is 2.04 bits per heavy atom. The van der Waals surface area contributed by atoms with Crippen LogP contribution in [0.5, 0.6) is 5.75 Å². The van der Waals surface area contributed by atoms with Crippen molar-refractivity contribution in [3.8, 4) is 5.75 Å². The van der Waals surface area contributed by atoms with Gasteiger partial charge in [-0.1, -0.05) is 12.1 Å². The third kappa shape index (κ3) is 8.66. The first-order valence-electron chi connectivity index (χ1n) is 9.57. The monoisotopic (exact) mass is 491 g/mol. The first-order chi connectivity index (χ1) is 12.6. The molecule has 154 valence electrons. The first kappa shape index (κ1) is 24.0. The van der Waals surface area contributed by atoms with Crippen molar-refractivity contribution in [2.24, 2.45) is 10.9 Å². The van der Waals surface area contributed by atoms with Crippen LogP contribution in [-0.2, 0) is 16.0 Å². The standard InChI is InChI=1S/C20H33N3O3.HI/c1-4-21-20(22-7-5-8-25-13-17-6-9-26-14-17)23-12-18-10-15(2)19(24)16(3)11-18;/h10-11,17,24H,4-9,12-14H2,1-3H3,(H2,21,22,23);1H. The maximum atomic E-state index is 9.87. The Morgan fingerprint density at radius 3 is 2.67 bits per heavy atom. The molecule has 1 heterocycles. The van der Waals surface area contributed by atoms with Crippen LogP contribution in [0.1, 0.15) is 36.5 Å². The van der Waals surface area contributed by atoms with Gasteiger partial charge in [0, 0.05) is 32.2 Å². The van der Waals surface area contributed by atoms with Crippen LogP contribution in [0.15, 0.2) is 17.1 Å². The molecule has 1 fully saturated rings. The van der Waals surface area contributed by atoms with Crippen molar-refractivity contribution in [2.75, 3.05) is 39.5 Å². The number of ether oxygens (including phenoxy) is 2. The molecule has 1 aromatic rings. The van der Waals surface area contributed by atoms with Crippen LogP contribution >= 0.6 is 24.0 Å². The summed E-state index contributed by atoms with van der Waals surface area (Å²) >= 11 is 0. The lowest BCUT2D eigenvalue weighted by atomic mass is 10.1. The third-order valence-electron chi connectivity index (χ3n) is 4.45. The summed E-state index contributed by atoms with van der Waals surface area (Å²) in [7, 11) is 0. The molecule has 1 aliphatic heterocycles. The van der Waals surface area contributed by atoms with E-state index in [-0.39, 0.29) is 24.0 Å². The zero-order chi connectivity index (χ0) is 18.8. The number of phenolic OH excluding ortho intramolecular Hbond substituents is 1. The Labute approximate surface area is 180 Å². The molecule has 0 radical (unpaired) electrons. The molecule has 1 aliphatic rings. The molecule has 0 aromatic heterocycles. The summed E-state index contributed by atoms with van der Waals surface area (Å²) in [5, 5.41) is 16.5. The van der Waals surface area contributed by atoms with Crippen molar-refractivity contribution in [2.45, 2.75) is 40.2 Å². The summed E-state index contributed by atoms with van der Waals surface area (Å²) in [6, 6.07) is 3.96. The van der Waals surface area contributed by atoms with Gasteiger partial charge in [-0.05, 0) is 50.3 Å². The van der Waals surface area contributed by atoms with E-state index in [9.17, 15) is 5.11 Å². The zero-order valence-electron chi connectivity index (χ0n) is 16.7. The van der Waals surface area contributed by atoms with Gasteiger partial charge in [-0.25, -0.2) is 4.99 Å². The van der Waals surface area contributed by atoms with Crippen molar-refractivity contribution in [3.63, 3.8) is 0 Å². The molecule has 0 saturated carbocycles. The molecule has 1 aromatic carbocycles. The normalized spacial score (nSPS) is 16.9. The molecule has 1 saturated heterocycles. The topological polar surface area (TPSA) is 75.1 Å². The highest BCUT2D eigenvalue weighted by Crippen LogP contribution is 2.23. The van der Waals surface area contributed by atoms with Crippen molar-refractivity contribution in [3.05, 3.63) is 28.8 Å². The third-order valence-corrected chi connectivity index (χ3v) is 4.45. The van der Waals surface area contributed by atoms with Gasteiger partial charge in [0.1, 0.15) is 5.75 Å². The lowest BCUT2D eigenvalue weighted by Crippen LogP contribution is -2.38. The summed E-state index contributed by atoms with van der Waals surface area (Å²) in [5.74, 6) is 1.74. The second-order valence-corrected chi connectivity index (χ2v) is 6.86. The highest BCUT2D eigenvalue weighted by molar-refractivity contribution is 14.0. The van der Waals surface area contributed by atoms with Crippen LogP contribution in [0.2, 0.25) is 0 Å². The number of aliphatic imine (C=N–C) groups is 1. The molecule has 0 amide bonds. The summed E-state index contributed by atoms with van der Waals surface area (Å²) in [6.07, 6.45) is 2.06. The molecule has 6 nitrogen and oxygen atoms in total. The average molecular weight is 491 g/mol. The van der Waals surface area contributed by atoms with Gasteiger partial charge in [-0.3, -0.25) is 0 Å². The lowest BCUT2D eigenvalue weighted by molar-refractivity contribution is 0.0888. The quantitative estimate of drug-likeness (QED) is 0.214. The Morgan fingerprint density at radius 1 is 1.30 bits per heavy atom. The van der Waals surface area contributed by atoms with Gasteiger partial charge < -0.3 is 25.2 Å². The molecule has 7 heteroatoms. The van der Waals surface area contributed by atoms with Crippen LogP contribution in [0, 0.1) is 19.8 Å². The van der Waals surface area contributed by atoms with Crippen molar-refractivity contribution < 1.29 is 14.6 Å². The van der Waals surface area contributed by atoms with E-state index in [4.69, 9.17) is 9.47 Å². The SMILES string of the molecule is CCNC(=NCc1cc(C)c(O)c(C)c1)NCCCOCC1CCOC1.I. The Kier molecular flexibility index (Phi) is 11.7. The fourth-order valence-electron chi connectivity index (χ4n) is 2.99. The minimum atomic E-state index is 0. The van der Waals surface area contributed by atoms with Crippen LogP contribution < -0.4 is 10.6 Å². The lowest BCUT2D eigenvalue weighted by Gasteiger charge is -2.13. The smallest absolute Gasteiger partial charge is 0.191 e. The van der Waals surface area contributed by atoms with Crippen LogP contribution in [0.25, 0.3) is 0 Å². The van der Waals surface area contributed by atoms with Crippen LogP contribution in [-0.4, -0.2) is 50.6 Å². The molecule has 1 unspecified atom stereocenters. The van der Waals surface area contributed by atoms with E-state index in [1.807, 2.05) is 26.0 Å². The number of nitrogens with one attached hydrogen (secondary N) is 2. The van der Waals surface area contributed by atoms with Gasteiger partial charge in [-0.2, -0.15) is 0 Å². The van der Waals surface area contributed by atoms with Gasteiger partial charge in [-0.15, -0.1) is 24.0 Å². The average Bonchev–Trinajstić information content (AvgIpc) is 3.13. The number of aromatic hydroxyl groups is 1. The Balaban J connectivity index is 0.00000364. The number of halogens is 1. The predicted octanol–water partition coefficient (Wildman–Crippen LogP) is 3.13. The van der Waals surface area contributed by atoms with Gasteiger partial charge in [0.05, 0.1) is 19.8 Å². The number of benzene rings is 1. The van der Waals surface area contributed by atoms with E-state index in [0.717, 1.165) is 75.0 Å². The van der Waals surface area contributed by atoms with Crippen LogP contribution in [0.4, 0.5) is 0 Å². The first-order valence-corrected chi connectivity index (χ1v) is 9.57.